The van der Waals surface area contributed by atoms with Crippen LogP contribution < -0.4 is 0 Å². The number of para-hydroxylation sites is 2. The predicted octanol–water partition coefficient (Wildman–Crippen LogP) is 11.7. The van der Waals surface area contributed by atoms with Gasteiger partial charge in [0, 0.05) is 44.3 Å². The summed E-state index contributed by atoms with van der Waals surface area (Å²) in [4.78, 5) is 15.0. The Bertz CT molecular complexity index is 3170. The molecule has 0 fully saturated rings. The van der Waals surface area contributed by atoms with E-state index in [2.05, 4.69) is 137 Å². The Kier molecular flexibility index (Phi) is 5.60. The minimum atomic E-state index is 0.569. The third kappa shape index (κ3) is 3.92. The van der Waals surface area contributed by atoms with E-state index in [1.165, 1.54) is 32.6 Å². The summed E-state index contributed by atoms with van der Waals surface area (Å²) in [6.45, 7) is 0. The Morgan fingerprint density at radius 2 is 1.24 bits per heavy atom. The third-order valence-corrected chi connectivity index (χ3v) is 10.0. The minimum absolute atomic E-state index is 0.569. The maximum absolute atomic E-state index is 6.42. The third-order valence-electron chi connectivity index (χ3n) is 10.0. The molecule has 0 bridgehead atoms. The monoisotopic (exact) mass is 638 g/mol. The van der Waals surface area contributed by atoms with Gasteiger partial charge < -0.3 is 8.98 Å². The van der Waals surface area contributed by atoms with E-state index in [1.807, 2.05) is 30.5 Å². The molecule has 4 heterocycles. The maximum atomic E-state index is 6.42. The second-order valence-electron chi connectivity index (χ2n) is 12.8. The number of pyridine rings is 1. The largest absolute Gasteiger partial charge is 0.438 e. The van der Waals surface area contributed by atoms with Crippen LogP contribution in [0.3, 0.4) is 0 Å². The number of aromatic nitrogens is 4. The normalized spacial score (nSPS) is 12.0. The first-order valence-corrected chi connectivity index (χ1v) is 16.8. The minimum Gasteiger partial charge on any atom is -0.438 e. The van der Waals surface area contributed by atoms with Crippen LogP contribution in [-0.4, -0.2) is 19.5 Å². The summed E-state index contributed by atoms with van der Waals surface area (Å²) in [6.07, 6.45) is 1.82. The van der Waals surface area contributed by atoms with Gasteiger partial charge >= 0.3 is 0 Å². The van der Waals surface area contributed by atoms with Gasteiger partial charge in [0.25, 0.3) is 0 Å². The van der Waals surface area contributed by atoms with Crippen LogP contribution in [0.25, 0.3) is 105 Å². The summed E-state index contributed by atoms with van der Waals surface area (Å²) in [5.41, 5.74) is 8.53. The first-order valence-electron chi connectivity index (χ1n) is 16.8. The summed E-state index contributed by atoms with van der Waals surface area (Å²) < 4.78 is 8.83. The van der Waals surface area contributed by atoms with Crippen LogP contribution in [0.1, 0.15) is 0 Å². The van der Waals surface area contributed by atoms with Crippen molar-refractivity contribution in [1.82, 2.24) is 19.5 Å². The molecule has 0 aliphatic rings. The molecule has 5 heteroatoms. The van der Waals surface area contributed by atoms with E-state index < -0.39 is 0 Å². The fourth-order valence-electron chi connectivity index (χ4n) is 7.76. The van der Waals surface area contributed by atoms with Gasteiger partial charge in [0.2, 0.25) is 5.71 Å². The van der Waals surface area contributed by atoms with Crippen LogP contribution in [0, 0.1) is 0 Å². The summed E-state index contributed by atoms with van der Waals surface area (Å²) >= 11 is 0. The molecule has 0 atom stereocenters. The van der Waals surface area contributed by atoms with Gasteiger partial charge in [-0.25, -0.2) is 4.98 Å². The van der Waals surface area contributed by atoms with E-state index in [4.69, 9.17) is 14.4 Å². The highest BCUT2D eigenvalue weighted by Gasteiger charge is 2.21. The average Bonchev–Trinajstić information content (AvgIpc) is 3.71. The van der Waals surface area contributed by atoms with Crippen LogP contribution in [0.5, 0.6) is 0 Å². The lowest BCUT2D eigenvalue weighted by atomic mass is 10.0. The summed E-state index contributed by atoms with van der Waals surface area (Å²) in [7, 11) is 0. The second-order valence-corrected chi connectivity index (χ2v) is 12.8. The lowest BCUT2D eigenvalue weighted by Gasteiger charge is -2.15. The van der Waals surface area contributed by atoms with Gasteiger partial charge in [0.1, 0.15) is 5.58 Å². The van der Waals surface area contributed by atoms with E-state index in [1.54, 1.807) is 0 Å². The number of rotatable bonds is 3. The van der Waals surface area contributed by atoms with Gasteiger partial charge in [-0.05, 0) is 70.8 Å². The molecule has 50 heavy (non-hydrogen) atoms. The van der Waals surface area contributed by atoms with Crippen molar-refractivity contribution in [3.05, 3.63) is 158 Å². The number of benzene rings is 7. The standard InChI is InChI=1S/C45H26N4O/c1-2-11-28-26-40-36(25-27(28)10-1)33-15-5-7-17-38(33)49(40)39-22-20-34(31-13-3-4-14-32(31)39)44-47-43(30-19-21-37-29(24-30)12-9-23-46-37)42-35-16-6-8-18-41(35)50-45(42)48-44/h1-26H. The van der Waals surface area contributed by atoms with Crippen molar-refractivity contribution >= 4 is 76.3 Å². The Morgan fingerprint density at radius 1 is 0.500 bits per heavy atom. The SMILES string of the molecule is c1ccc2cc3c(cc2c1)c1ccccc1n3-c1ccc(-c2nc(-c3ccc4ncccc4c3)c3c(n2)oc2ccccc23)c2ccccc12. The molecule has 0 saturated heterocycles. The molecule has 11 rings (SSSR count). The molecule has 0 unspecified atom stereocenters. The van der Waals surface area contributed by atoms with Gasteiger partial charge in [-0.1, -0.05) is 97.1 Å². The van der Waals surface area contributed by atoms with E-state index in [9.17, 15) is 0 Å². The summed E-state index contributed by atoms with van der Waals surface area (Å²) in [6, 6.07) is 53.3. The van der Waals surface area contributed by atoms with Crippen LogP contribution >= 0.6 is 0 Å². The number of fused-ring (bicyclic) bond motifs is 9. The molecule has 11 aromatic rings. The van der Waals surface area contributed by atoms with Crippen molar-refractivity contribution in [3.8, 4) is 28.3 Å². The molecular weight excluding hydrogens is 613 g/mol. The molecule has 232 valence electrons. The Hall–Kier alpha value is -6.85. The zero-order valence-corrected chi connectivity index (χ0v) is 26.7. The summed E-state index contributed by atoms with van der Waals surface area (Å²) in [5.74, 6) is 0.619. The number of hydrogen-bond donors (Lipinski definition) is 0. The molecule has 0 aliphatic heterocycles. The molecule has 5 nitrogen and oxygen atoms in total. The van der Waals surface area contributed by atoms with Gasteiger partial charge in [0.05, 0.1) is 33.3 Å². The molecule has 0 aliphatic carbocycles. The van der Waals surface area contributed by atoms with E-state index >= 15 is 0 Å². The van der Waals surface area contributed by atoms with E-state index in [0.717, 1.165) is 60.5 Å². The van der Waals surface area contributed by atoms with Crippen molar-refractivity contribution in [2.45, 2.75) is 0 Å². The molecule has 4 aromatic heterocycles. The van der Waals surface area contributed by atoms with Crippen molar-refractivity contribution in [1.29, 1.82) is 0 Å². The van der Waals surface area contributed by atoms with Crippen LogP contribution in [0.4, 0.5) is 0 Å². The van der Waals surface area contributed by atoms with Gasteiger partial charge in [-0.3, -0.25) is 4.98 Å². The van der Waals surface area contributed by atoms with Crippen molar-refractivity contribution in [3.63, 3.8) is 0 Å². The fraction of sp³-hybridized carbons (Fsp3) is 0. The zero-order chi connectivity index (χ0) is 32.8. The van der Waals surface area contributed by atoms with Gasteiger partial charge in [-0.15, -0.1) is 0 Å². The lowest BCUT2D eigenvalue weighted by molar-refractivity contribution is 0.653. The number of hydrogen-bond acceptors (Lipinski definition) is 4. The van der Waals surface area contributed by atoms with Crippen LogP contribution in [0.2, 0.25) is 0 Å². The maximum Gasteiger partial charge on any atom is 0.231 e. The number of nitrogens with zero attached hydrogens (tertiary/aromatic N) is 4. The molecule has 7 aromatic carbocycles. The van der Waals surface area contributed by atoms with Crippen LogP contribution in [-0.2, 0) is 0 Å². The highest BCUT2D eigenvalue weighted by atomic mass is 16.3. The van der Waals surface area contributed by atoms with Gasteiger partial charge in [0.15, 0.2) is 5.82 Å². The van der Waals surface area contributed by atoms with Crippen molar-refractivity contribution in [2.24, 2.45) is 0 Å². The first kappa shape index (κ1) is 27.1. The highest BCUT2D eigenvalue weighted by molar-refractivity contribution is 6.15. The first-order chi connectivity index (χ1) is 24.8. The quantitative estimate of drug-likeness (QED) is 0.193. The van der Waals surface area contributed by atoms with Gasteiger partial charge in [-0.2, -0.15) is 4.98 Å². The molecule has 0 amide bonds. The predicted molar refractivity (Wildman–Crippen MR) is 205 cm³/mol. The Balaban J connectivity index is 1.19. The Labute approximate surface area is 285 Å². The summed E-state index contributed by atoms with van der Waals surface area (Å²) in [5, 5.41) is 10.1. The second kappa shape index (κ2) is 10.3. The fourth-order valence-corrected chi connectivity index (χ4v) is 7.76. The zero-order valence-electron chi connectivity index (χ0n) is 26.7. The Morgan fingerprint density at radius 3 is 2.14 bits per heavy atom. The van der Waals surface area contributed by atoms with Crippen molar-refractivity contribution < 1.29 is 4.42 Å². The van der Waals surface area contributed by atoms with E-state index in [-0.39, 0.29) is 0 Å². The molecule has 0 N–H and O–H groups in total. The molecule has 0 spiro atoms. The molecule has 0 saturated carbocycles. The topological polar surface area (TPSA) is 56.7 Å². The number of furan rings is 1. The average molecular weight is 639 g/mol. The lowest BCUT2D eigenvalue weighted by Crippen LogP contribution is -1.98. The van der Waals surface area contributed by atoms with E-state index in [0.29, 0.717) is 11.5 Å². The smallest absolute Gasteiger partial charge is 0.231 e. The molecular formula is C45H26N4O. The van der Waals surface area contributed by atoms with Crippen LogP contribution in [0.15, 0.2) is 162 Å². The highest BCUT2D eigenvalue weighted by Crippen LogP contribution is 2.41. The molecule has 0 radical (unpaired) electrons. The van der Waals surface area contributed by atoms with Crippen molar-refractivity contribution in [2.75, 3.05) is 0 Å².